The SMILES string of the molecule is C/C=C/C1=CN2C(=O)c3cc(OC)c(OCCCOc4cc5c(cc4OC)C(=O)N4C=C(/C=C/C)C[C@H]4[C@H](O)N5C(=O)OCc4ccc(N[C@@H](I)C(=O)NCCOCCOCCOCCOCCC(=O)N[C@H](C(=O)NC(C)C)C(C)C)cc4)cc3N=C[C@@H]2C1. The summed E-state index contributed by atoms with van der Waals surface area (Å²) in [5.41, 5.74) is 4.06. The minimum Gasteiger partial charge on any atom is -0.493 e. The molecule has 6 amide bonds. The van der Waals surface area contributed by atoms with Gasteiger partial charge >= 0.3 is 6.09 Å². The standard InChI is InChI=1S/C64H83IN8O16/c1-9-12-43-30-46-36-67-49-34-54(52(81-7)32-47(49)61(77)71(46)37-43)87-20-11-21-88-55-35-50-48(33-53(55)82-8)62(78)72-38-44(13-10-2)31-51(72)63(79)73(50)64(80)89-39-42-14-16-45(17-15-42)69-58(65)60(76)66-19-23-84-25-27-86-29-28-85-26-24-83-22-18-56(74)70-57(40(3)4)59(75)68-41(5)6/h9-10,12-17,32-38,40-41,46,51,57-58,63,69,79H,11,18-31,39H2,1-8H3,(H,66,76)(H,68,75)(H,70,74)/b12-9+,13-10+/t46-,51-,57-,58+,63-/m0/s1. The van der Waals surface area contributed by atoms with Gasteiger partial charge in [-0.15, -0.1) is 0 Å². The van der Waals surface area contributed by atoms with Gasteiger partial charge in [0.15, 0.2) is 33.3 Å². The van der Waals surface area contributed by atoms with E-state index in [1.54, 1.807) is 53.7 Å². The number of aliphatic hydroxyl groups is 1. The third-order valence-electron chi connectivity index (χ3n) is 14.4. The highest BCUT2D eigenvalue weighted by Crippen LogP contribution is 2.43. The zero-order valence-corrected chi connectivity index (χ0v) is 53.9. The number of nitrogens with zero attached hydrogens (tertiary/aromatic N) is 4. The minimum atomic E-state index is -1.53. The Bertz CT molecular complexity index is 3100. The first kappa shape index (κ1) is 68.9. The number of aliphatic hydroxyl groups excluding tert-OH is 1. The van der Waals surface area contributed by atoms with Gasteiger partial charge in [0.2, 0.25) is 11.8 Å². The number of hydrogen-bond acceptors (Lipinski definition) is 18. The second-order valence-electron chi connectivity index (χ2n) is 21.7. The van der Waals surface area contributed by atoms with Crippen molar-refractivity contribution in [3.63, 3.8) is 0 Å². The Morgan fingerprint density at radius 2 is 1.29 bits per heavy atom. The van der Waals surface area contributed by atoms with Crippen molar-refractivity contribution < 1.29 is 76.5 Å². The van der Waals surface area contributed by atoms with Gasteiger partial charge in [-0.2, -0.15) is 0 Å². The summed E-state index contributed by atoms with van der Waals surface area (Å²) in [7, 11) is 2.94. The summed E-state index contributed by atoms with van der Waals surface area (Å²) in [5.74, 6) is -0.244. The summed E-state index contributed by atoms with van der Waals surface area (Å²) in [6.07, 6.45) is 11.9. The van der Waals surface area contributed by atoms with Crippen molar-refractivity contribution >= 4 is 81.5 Å². The maximum absolute atomic E-state index is 14.4. The van der Waals surface area contributed by atoms with Crippen molar-refractivity contribution in [3.05, 3.63) is 113 Å². The molecule has 5 atom stereocenters. The van der Waals surface area contributed by atoms with Crippen LogP contribution in [-0.2, 0) is 44.7 Å². The minimum absolute atomic E-state index is 0.0218. The third-order valence-corrected chi connectivity index (χ3v) is 15.3. The van der Waals surface area contributed by atoms with Crippen LogP contribution in [0, 0.1) is 5.92 Å². The van der Waals surface area contributed by atoms with E-state index in [0.29, 0.717) is 86.5 Å². The Balaban J connectivity index is 0.834. The summed E-state index contributed by atoms with van der Waals surface area (Å²) >= 11 is 1.99. The van der Waals surface area contributed by atoms with Gasteiger partial charge in [0.1, 0.15) is 12.6 Å². The topological polar surface area (TPSA) is 276 Å². The number of anilines is 2. The van der Waals surface area contributed by atoms with Crippen LogP contribution in [0.25, 0.3) is 0 Å². The van der Waals surface area contributed by atoms with Gasteiger partial charge in [-0.1, -0.05) is 50.3 Å². The quantitative estimate of drug-likeness (QED) is 0.0167. The molecule has 89 heavy (non-hydrogen) atoms. The summed E-state index contributed by atoms with van der Waals surface area (Å²) in [5, 5.41) is 23.7. The number of hydrogen-bond donors (Lipinski definition) is 5. The molecule has 25 heteroatoms. The molecule has 0 saturated heterocycles. The number of rotatable bonds is 34. The lowest BCUT2D eigenvalue weighted by atomic mass is 10.0. The van der Waals surface area contributed by atoms with Crippen molar-refractivity contribution in [2.45, 2.75) is 108 Å². The smallest absolute Gasteiger partial charge is 0.416 e. The number of benzene rings is 3. The number of halogens is 1. The van der Waals surface area contributed by atoms with Crippen molar-refractivity contribution in [1.29, 1.82) is 0 Å². The average Bonchev–Trinajstić information content (AvgIpc) is 1.72. The van der Waals surface area contributed by atoms with Crippen molar-refractivity contribution in [2.24, 2.45) is 10.9 Å². The lowest BCUT2D eigenvalue weighted by Gasteiger charge is -2.31. The van der Waals surface area contributed by atoms with Crippen molar-refractivity contribution in [2.75, 3.05) is 97.0 Å². The molecule has 0 aromatic heterocycles. The van der Waals surface area contributed by atoms with Crippen LogP contribution in [0.5, 0.6) is 23.0 Å². The van der Waals surface area contributed by atoms with E-state index in [1.165, 1.54) is 31.3 Å². The second-order valence-corrected chi connectivity index (χ2v) is 23.0. The van der Waals surface area contributed by atoms with Gasteiger partial charge in [0.25, 0.3) is 17.7 Å². The molecule has 0 unspecified atom stereocenters. The summed E-state index contributed by atoms with van der Waals surface area (Å²) < 4.78 is 51.1. The highest BCUT2D eigenvalue weighted by molar-refractivity contribution is 14.1. The lowest BCUT2D eigenvalue weighted by Crippen LogP contribution is -2.51. The molecule has 0 aliphatic carbocycles. The second kappa shape index (κ2) is 34.4. The van der Waals surface area contributed by atoms with Gasteiger partial charge in [0, 0.05) is 61.9 Å². The van der Waals surface area contributed by atoms with Gasteiger partial charge in [-0.05, 0) is 110 Å². The Hall–Kier alpha value is -7.56. The summed E-state index contributed by atoms with van der Waals surface area (Å²) in [6, 6.07) is 11.6. The highest BCUT2D eigenvalue weighted by Gasteiger charge is 2.45. The molecule has 4 heterocycles. The Morgan fingerprint density at radius 1 is 0.708 bits per heavy atom. The fraction of sp³-hybridized carbons (Fsp3) is 0.484. The van der Waals surface area contributed by atoms with E-state index in [1.807, 2.05) is 94.6 Å². The fourth-order valence-corrected chi connectivity index (χ4v) is 10.6. The van der Waals surface area contributed by atoms with E-state index >= 15 is 0 Å². The molecule has 24 nitrogen and oxygen atoms in total. The zero-order valence-electron chi connectivity index (χ0n) is 51.8. The number of nitrogens with one attached hydrogen (secondary N) is 4. The molecule has 0 radical (unpaired) electrons. The van der Waals surface area contributed by atoms with Crippen molar-refractivity contribution in [3.8, 4) is 23.0 Å². The van der Waals surface area contributed by atoms with Crippen LogP contribution in [0.3, 0.4) is 0 Å². The maximum atomic E-state index is 14.4. The summed E-state index contributed by atoms with van der Waals surface area (Å²) in [4.78, 5) is 88.8. The van der Waals surface area contributed by atoms with Crippen LogP contribution < -0.4 is 45.1 Å². The summed E-state index contributed by atoms with van der Waals surface area (Å²) in [6.45, 7) is 14.1. The third kappa shape index (κ3) is 19.2. The molecule has 0 saturated carbocycles. The fourth-order valence-electron chi connectivity index (χ4n) is 10.00. The first-order valence-corrected chi connectivity index (χ1v) is 31.1. The van der Waals surface area contributed by atoms with Gasteiger partial charge in [-0.25, -0.2) is 9.69 Å². The van der Waals surface area contributed by atoms with Gasteiger partial charge < -0.3 is 78.8 Å². The number of amides is 6. The van der Waals surface area contributed by atoms with E-state index in [9.17, 15) is 33.9 Å². The zero-order chi connectivity index (χ0) is 64.0. The molecule has 7 rings (SSSR count). The monoisotopic (exact) mass is 1350 g/mol. The number of allylic oxidation sites excluding steroid dienone is 4. The molecule has 3 aromatic carbocycles. The van der Waals surface area contributed by atoms with Crippen LogP contribution in [0.2, 0.25) is 0 Å². The number of fused-ring (bicyclic) bond motifs is 4. The maximum Gasteiger partial charge on any atom is 0.416 e. The Kier molecular flexibility index (Phi) is 26.7. The van der Waals surface area contributed by atoms with E-state index in [2.05, 4.69) is 26.3 Å². The first-order valence-electron chi connectivity index (χ1n) is 29.8. The number of methoxy groups -OCH3 is 2. The Labute approximate surface area is 533 Å². The first-order chi connectivity index (χ1) is 42.9. The number of aliphatic imine (C=N–C) groups is 1. The molecular weight excluding hydrogens is 1260 g/mol. The number of alkyl halides is 1. The average molecular weight is 1350 g/mol. The molecule has 3 aromatic rings. The molecule has 0 bridgehead atoms. The molecule has 4 aliphatic rings. The molecular formula is C64H83IN8O16. The molecule has 0 fully saturated rings. The normalized spacial score (nSPS) is 17.5. The van der Waals surface area contributed by atoms with Gasteiger partial charge in [-0.3, -0.25) is 29.0 Å². The van der Waals surface area contributed by atoms with Crippen LogP contribution >= 0.6 is 22.6 Å². The number of ether oxygens (including phenoxy) is 9. The van der Waals surface area contributed by atoms with Crippen LogP contribution in [-0.4, -0.2) is 178 Å². The molecule has 5 N–H and O–H groups in total. The Morgan fingerprint density at radius 3 is 1.91 bits per heavy atom. The highest BCUT2D eigenvalue weighted by atomic mass is 127. The van der Waals surface area contributed by atoms with Crippen LogP contribution in [0.15, 0.2) is 101 Å². The van der Waals surface area contributed by atoms with E-state index in [-0.39, 0.29) is 117 Å². The van der Waals surface area contributed by atoms with E-state index < -0.39 is 34.4 Å². The van der Waals surface area contributed by atoms with E-state index in [0.717, 1.165) is 16.0 Å². The van der Waals surface area contributed by atoms with Crippen molar-refractivity contribution in [1.82, 2.24) is 25.8 Å². The number of carbonyl (C=O) groups is 6. The predicted molar refractivity (Wildman–Crippen MR) is 342 cm³/mol. The number of carbonyl (C=O) groups excluding carboxylic acids is 6. The van der Waals surface area contributed by atoms with Crippen LogP contribution in [0.4, 0.5) is 21.9 Å². The molecule has 482 valence electrons. The van der Waals surface area contributed by atoms with Crippen LogP contribution in [0.1, 0.15) is 93.5 Å². The predicted octanol–water partition coefficient (Wildman–Crippen LogP) is 7.50. The lowest BCUT2D eigenvalue weighted by molar-refractivity contribution is -0.131. The molecule has 4 aliphatic heterocycles. The largest absolute Gasteiger partial charge is 0.493 e. The molecule has 0 spiro atoms. The van der Waals surface area contributed by atoms with Gasteiger partial charge in [0.05, 0.1) is 115 Å². The van der Waals surface area contributed by atoms with E-state index in [4.69, 9.17) is 42.6 Å².